The molecule has 13 heavy (non-hydrogen) atoms. The zero-order valence-corrected chi connectivity index (χ0v) is 8.93. The molecule has 0 bridgehead atoms. The highest BCUT2D eigenvalue weighted by molar-refractivity contribution is 7.82. The van der Waals surface area contributed by atoms with Crippen molar-refractivity contribution in [3.8, 4) is 5.75 Å². The van der Waals surface area contributed by atoms with Crippen molar-refractivity contribution in [3.63, 3.8) is 0 Å². The Bertz CT molecular complexity index is 288. The van der Waals surface area contributed by atoms with Crippen LogP contribution >= 0.6 is 0 Å². The summed E-state index contributed by atoms with van der Waals surface area (Å²) >= 11 is -1.29. The molecule has 0 aliphatic heterocycles. The van der Waals surface area contributed by atoms with Crippen molar-refractivity contribution < 1.29 is 8.39 Å². The van der Waals surface area contributed by atoms with Crippen LogP contribution in [-0.2, 0) is 11.1 Å². The van der Waals surface area contributed by atoms with Crippen molar-refractivity contribution in [3.05, 3.63) is 30.3 Å². The van der Waals surface area contributed by atoms with E-state index >= 15 is 0 Å². The fourth-order valence-corrected chi connectivity index (χ4v) is 1.22. The summed E-state index contributed by atoms with van der Waals surface area (Å²) in [6, 6.07) is 9.20. The normalized spacial score (nSPS) is 13.8. The Balaban J connectivity index is 2.66. The lowest BCUT2D eigenvalue weighted by molar-refractivity contribution is 0.529. The minimum atomic E-state index is -1.29. The molecule has 0 heterocycles. The fraction of sp³-hybridized carbons (Fsp3) is 0.400. The molecule has 0 fully saturated rings. The summed E-state index contributed by atoms with van der Waals surface area (Å²) in [7, 11) is 0. The van der Waals surface area contributed by atoms with Gasteiger partial charge in [0.15, 0.2) is 0 Å². The standard InChI is InChI=1S/C10H14O2S/c1-10(2,3)13(11)12-9-7-5-4-6-8-9/h4-8H,1-3H3. The van der Waals surface area contributed by atoms with E-state index in [1.54, 1.807) is 12.1 Å². The van der Waals surface area contributed by atoms with Gasteiger partial charge in [0.25, 0.3) is 0 Å². The maximum atomic E-state index is 11.5. The Morgan fingerprint density at radius 1 is 1.15 bits per heavy atom. The summed E-state index contributed by atoms with van der Waals surface area (Å²) in [4.78, 5) is 0. The third-order valence-corrected chi connectivity index (χ3v) is 2.76. The molecular formula is C10H14O2S. The molecule has 2 nitrogen and oxygen atoms in total. The third-order valence-electron chi connectivity index (χ3n) is 1.42. The molecule has 1 unspecified atom stereocenters. The van der Waals surface area contributed by atoms with Crippen LogP contribution in [0.2, 0.25) is 0 Å². The zero-order valence-electron chi connectivity index (χ0n) is 8.11. The predicted octanol–water partition coefficient (Wildman–Crippen LogP) is 2.53. The lowest BCUT2D eigenvalue weighted by Gasteiger charge is -2.16. The summed E-state index contributed by atoms with van der Waals surface area (Å²) in [5.41, 5.74) is 0. The van der Waals surface area contributed by atoms with Gasteiger partial charge in [-0.05, 0) is 32.9 Å². The van der Waals surface area contributed by atoms with Crippen LogP contribution in [-0.4, -0.2) is 8.96 Å². The molecule has 0 saturated heterocycles. The number of para-hydroxylation sites is 1. The summed E-state index contributed by atoms with van der Waals surface area (Å²) in [5, 5.41) is 0. The number of rotatable bonds is 2. The van der Waals surface area contributed by atoms with Crippen LogP contribution in [0.25, 0.3) is 0 Å². The second-order valence-corrected chi connectivity index (χ2v) is 5.60. The average molecular weight is 198 g/mol. The van der Waals surface area contributed by atoms with Gasteiger partial charge in [0.05, 0.1) is 4.75 Å². The van der Waals surface area contributed by atoms with E-state index in [2.05, 4.69) is 0 Å². The van der Waals surface area contributed by atoms with E-state index in [9.17, 15) is 4.21 Å². The van der Waals surface area contributed by atoms with Crippen LogP contribution in [0.1, 0.15) is 20.8 Å². The molecule has 0 amide bonds. The Morgan fingerprint density at radius 2 is 1.69 bits per heavy atom. The fourth-order valence-electron chi connectivity index (χ4n) is 0.688. The van der Waals surface area contributed by atoms with Gasteiger partial charge < -0.3 is 4.18 Å². The third kappa shape index (κ3) is 3.19. The molecule has 0 aliphatic rings. The van der Waals surface area contributed by atoms with Crippen LogP contribution in [0.4, 0.5) is 0 Å². The molecule has 1 aromatic rings. The largest absolute Gasteiger partial charge is 0.400 e. The van der Waals surface area contributed by atoms with Crippen LogP contribution in [0.15, 0.2) is 30.3 Å². The molecule has 72 valence electrons. The van der Waals surface area contributed by atoms with Gasteiger partial charge in [0, 0.05) is 0 Å². The smallest absolute Gasteiger partial charge is 0.211 e. The second-order valence-electron chi connectivity index (χ2n) is 3.74. The molecule has 0 radical (unpaired) electrons. The molecule has 0 aromatic heterocycles. The van der Waals surface area contributed by atoms with Crippen molar-refractivity contribution in [2.75, 3.05) is 0 Å². The van der Waals surface area contributed by atoms with Gasteiger partial charge in [-0.15, -0.1) is 0 Å². The van der Waals surface area contributed by atoms with E-state index in [1.165, 1.54) is 0 Å². The van der Waals surface area contributed by atoms with Crippen molar-refractivity contribution >= 4 is 11.1 Å². The highest BCUT2D eigenvalue weighted by atomic mass is 32.2. The van der Waals surface area contributed by atoms with Gasteiger partial charge in [0.1, 0.15) is 5.75 Å². The maximum Gasteiger partial charge on any atom is 0.211 e. The van der Waals surface area contributed by atoms with Gasteiger partial charge in [-0.25, -0.2) is 4.21 Å². The van der Waals surface area contributed by atoms with E-state index < -0.39 is 11.1 Å². The summed E-state index contributed by atoms with van der Waals surface area (Å²) in [5.74, 6) is 0.649. The highest BCUT2D eigenvalue weighted by Gasteiger charge is 2.21. The first kappa shape index (κ1) is 10.3. The van der Waals surface area contributed by atoms with Crippen LogP contribution in [0.3, 0.4) is 0 Å². The molecule has 1 rings (SSSR count). The minimum absolute atomic E-state index is 0.337. The molecule has 0 spiro atoms. The molecular weight excluding hydrogens is 184 g/mol. The first-order valence-corrected chi connectivity index (χ1v) is 5.23. The van der Waals surface area contributed by atoms with E-state index in [-0.39, 0.29) is 4.75 Å². The molecule has 3 heteroatoms. The summed E-state index contributed by atoms with van der Waals surface area (Å²) in [6.45, 7) is 5.64. The lowest BCUT2D eigenvalue weighted by atomic mass is 10.3. The topological polar surface area (TPSA) is 26.3 Å². The molecule has 0 N–H and O–H groups in total. The molecule has 1 aromatic carbocycles. The van der Waals surface area contributed by atoms with E-state index in [0.29, 0.717) is 5.75 Å². The Labute approximate surface area is 81.6 Å². The van der Waals surface area contributed by atoms with Crippen molar-refractivity contribution in [2.45, 2.75) is 25.5 Å². The van der Waals surface area contributed by atoms with Gasteiger partial charge in [0.2, 0.25) is 11.1 Å². The monoisotopic (exact) mass is 198 g/mol. The molecule has 0 saturated carbocycles. The summed E-state index contributed by atoms with van der Waals surface area (Å²) < 4.78 is 16.4. The Hall–Kier alpha value is -0.830. The highest BCUT2D eigenvalue weighted by Crippen LogP contribution is 2.17. The first-order valence-electron chi connectivity index (χ1n) is 4.15. The van der Waals surface area contributed by atoms with Crippen LogP contribution in [0, 0.1) is 0 Å². The van der Waals surface area contributed by atoms with Crippen LogP contribution < -0.4 is 4.18 Å². The van der Waals surface area contributed by atoms with Crippen molar-refractivity contribution in [1.29, 1.82) is 0 Å². The molecule has 1 atom stereocenters. The SMILES string of the molecule is CC(C)(C)S(=O)Oc1ccccc1. The van der Waals surface area contributed by atoms with E-state index in [4.69, 9.17) is 4.18 Å². The van der Waals surface area contributed by atoms with E-state index in [0.717, 1.165) is 0 Å². The number of benzene rings is 1. The zero-order chi connectivity index (χ0) is 9.90. The number of hydrogen-bond acceptors (Lipinski definition) is 2. The Morgan fingerprint density at radius 3 is 2.15 bits per heavy atom. The second kappa shape index (κ2) is 3.92. The Kier molecular flexibility index (Phi) is 3.09. The van der Waals surface area contributed by atoms with Crippen molar-refractivity contribution in [2.24, 2.45) is 0 Å². The maximum absolute atomic E-state index is 11.5. The lowest BCUT2D eigenvalue weighted by Crippen LogP contribution is -2.25. The van der Waals surface area contributed by atoms with Gasteiger partial charge in [-0.3, -0.25) is 0 Å². The van der Waals surface area contributed by atoms with E-state index in [1.807, 2.05) is 39.0 Å². The predicted molar refractivity (Wildman–Crippen MR) is 55.0 cm³/mol. The first-order chi connectivity index (χ1) is 6.00. The van der Waals surface area contributed by atoms with Crippen molar-refractivity contribution in [1.82, 2.24) is 0 Å². The van der Waals surface area contributed by atoms with Gasteiger partial charge in [-0.2, -0.15) is 0 Å². The minimum Gasteiger partial charge on any atom is -0.400 e. The quantitative estimate of drug-likeness (QED) is 0.730. The molecule has 0 aliphatic carbocycles. The number of hydrogen-bond donors (Lipinski definition) is 0. The summed E-state index contributed by atoms with van der Waals surface area (Å²) in [6.07, 6.45) is 0. The van der Waals surface area contributed by atoms with Crippen LogP contribution in [0.5, 0.6) is 5.75 Å². The average Bonchev–Trinajstić information content (AvgIpc) is 2.04. The van der Waals surface area contributed by atoms with Gasteiger partial charge in [-0.1, -0.05) is 18.2 Å². The van der Waals surface area contributed by atoms with Gasteiger partial charge >= 0.3 is 0 Å².